The number of hydrogen-bond acceptors (Lipinski definition) is 4. The van der Waals surface area contributed by atoms with Crippen LogP contribution in [0.15, 0.2) is 23.3 Å². The van der Waals surface area contributed by atoms with E-state index in [1.807, 2.05) is 0 Å². The molecule has 5 heteroatoms. The van der Waals surface area contributed by atoms with Crippen LogP contribution in [0.25, 0.3) is 0 Å². The number of anilines is 1. The topological polar surface area (TPSA) is 51.1 Å². The average molecular weight is 220 g/mol. The number of rotatable bonds is 3. The van der Waals surface area contributed by atoms with Crippen LogP contribution >= 0.6 is 0 Å². The summed E-state index contributed by atoms with van der Waals surface area (Å²) < 4.78 is 10.2. The van der Waals surface area contributed by atoms with Gasteiger partial charge in [-0.2, -0.15) is 5.10 Å². The number of hydrogen-bond donors (Lipinski definition) is 0. The third-order valence-corrected chi connectivity index (χ3v) is 2.28. The van der Waals surface area contributed by atoms with Gasteiger partial charge in [0.2, 0.25) is 0 Å². The molecule has 0 unspecified atom stereocenters. The minimum absolute atomic E-state index is 0.0599. The Morgan fingerprint density at radius 3 is 2.25 bits per heavy atom. The highest BCUT2D eigenvalue weighted by atomic mass is 16.5. The molecule has 0 radical (unpaired) electrons. The molecular formula is C11H12N2O3. The summed E-state index contributed by atoms with van der Waals surface area (Å²) in [6.07, 6.45) is 1.91. The van der Waals surface area contributed by atoms with Crippen LogP contribution in [0.1, 0.15) is 6.42 Å². The Labute approximate surface area is 93.3 Å². The van der Waals surface area contributed by atoms with Gasteiger partial charge >= 0.3 is 0 Å². The fourth-order valence-corrected chi connectivity index (χ4v) is 1.48. The van der Waals surface area contributed by atoms with Gasteiger partial charge in [-0.15, -0.1) is 0 Å². The first-order valence-electron chi connectivity index (χ1n) is 4.83. The first kappa shape index (κ1) is 10.5. The van der Waals surface area contributed by atoms with Crippen molar-refractivity contribution in [2.45, 2.75) is 6.42 Å². The second-order valence-electron chi connectivity index (χ2n) is 3.28. The molecule has 0 N–H and O–H groups in total. The summed E-state index contributed by atoms with van der Waals surface area (Å²) in [6, 6.07) is 5.22. The van der Waals surface area contributed by atoms with Crippen LogP contribution in [0.4, 0.5) is 5.69 Å². The lowest BCUT2D eigenvalue weighted by Crippen LogP contribution is -2.19. The summed E-state index contributed by atoms with van der Waals surface area (Å²) in [5.41, 5.74) is 0.648. The van der Waals surface area contributed by atoms with Crippen LogP contribution in [0.5, 0.6) is 11.5 Å². The molecule has 0 saturated heterocycles. The lowest BCUT2D eigenvalue weighted by Gasteiger charge is -2.14. The van der Waals surface area contributed by atoms with Crippen LogP contribution < -0.4 is 14.5 Å². The highest BCUT2D eigenvalue weighted by Gasteiger charge is 2.19. The Hall–Kier alpha value is -2.04. The molecule has 0 fully saturated rings. The van der Waals surface area contributed by atoms with Gasteiger partial charge in [0.1, 0.15) is 11.5 Å². The molecule has 0 spiro atoms. The lowest BCUT2D eigenvalue weighted by molar-refractivity contribution is -0.116. The SMILES string of the molecule is COc1cc(OC)cc(N2N=CCC2=O)c1. The van der Waals surface area contributed by atoms with E-state index in [9.17, 15) is 4.79 Å². The van der Waals surface area contributed by atoms with Crippen LogP contribution in [-0.2, 0) is 4.79 Å². The average Bonchev–Trinajstić information content (AvgIpc) is 2.74. The fraction of sp³-hybridized carbons (Fsp3) is 0.273. The molecule has 0 atom stereocenters. The van der Waals surface area contributed by atoms with E-state index < -0.39 is 0 Å². The van der Waals surface area contributed by atoms with Gasteiger partial charge in [-0.3, -0.25) is 4.79 Å². The maximum atomic E-state index is 11.5. The first-order chi connectivity index (χ1) is 7.74. The number of hydrazone groups is 1. The van der Waals surface area contributed by atoms with Gasteiger partial charge in [0.05, 0.1) is 26.3 Å². The number of methoxy groups -OCH3 is 2. The maximum Gasteiger partial charge on any atom is 0.252 e. The molecule has 1 aliphatic heterocycles. The maximum absolute atomic E-state index is 11.5. The minimum atomic E-state index is -0.0599. The van der Waals surface area contributed by atoms with Crippen molar-refractivity contribution in [1.29, 1.82) is 0 Å². The van der Waals surface area contributed by atoms with Crippen LogP contribution in [0.2, 0.25) is 0 Å². The highest BCUT2D eigenvalue weighted by Crippen LogP contribution is 2.29. The van der Waals surface area contributed by atoms with Crippen LogP contribution in [-0.4, -0.2) is 26.3 Å². The molecule has 0 bridgehead atoms. The quantitative estimate of drug-likeness (QED) is 0.774. The molecule has 1 aromatic carbocycles. The van der Waals surface area contributed by atoms with Gasteiger partial charge in [0.25, 0.3) is 5.91 Å². The second kappa shape index (κ2) is 4.22. The standard InChI is InChI=1S/C11H12N2O3/c1-15-9-5-8(6-10(7-9)16-2)13-11(14)3-4-12-13/h4-7H,3H2,1-2H3. The van der Waals surface area contributed by atoms with Crippen molar-refractivity contribution in [2.24, 2.45) is 5.10 Å². The third kappa shape index (κ3) is 1.84. The molecule has 16 heavy (non-hydrogen) atoms. The summed E-state index contributed by atoms with van der Waals surface area (Å²) >= 11 is 0. The van der Waals surface area contributed by atoms with Crippen molar-refractivity contribution < 1.29 is 14.3 Å². The molecule has 84 valence electrons. The summed E-state index contributed by atoms with van der Waals surface area (Å²) in [5.74, 6) is 1.20. The van der Waals surface area contributed by atoms with Gasteiger partial charge in [-0.25, -0.2) is 5.01 Å². The molecule has 1 aliphatic rings. The van der Waals surface area contributed by atoms with Crippen molar-refractivity contribution in [3.63, 3.8) is 0 Å². The Kier molecular flexibility index (Phi) is 2.76. The van der Waals surface area contributed by atoms with Crippen LogP contribution in [0.3, 0.4) is 0 Å². The number of carbonyl (C=O) groups is 1. The molecule has 1 heterocycles. The number of carbonyl (C=O) groups excluding carboxylic acids is 1. The van der Waals surface area contributed by atoms with Gasteiger partial charge in [0, 0.05) is 24.4 Å². The van der Waals surface area contributed by atoms with E-state index in [0.29, 0.717) is 23.6 Å². The molecule has 5 nitrogen and oxygen atoms in total. The van der Waals surface area contributed by atoms with Crippen LogP contribution in [0, 0.1) is 0 Å². The van der Waals surface area contributed by atoms with Gasteiger partial charge < -0.3 is 9.47 Å². The Morgan fingerprint density at radius 2 is 1.81 bits per heavy atom. The minimum Gasteiger partial charge on any atom is -0.497 e. The van der Waals surface area contributed by atoms with Gasteiger partial charge in [-0.05, 0) is 0 Å². The Balaban J connectivity index is 2.39. The monoisotopic (exact) mass is 220 g/mol. The Bertz CT molecular complexity index is 421. The zero-order chi connectivity index (χ0) is 11.5. The zero-order valence-electron chi connectivity index (χ0n) is 9.14. The van der Waals surface area contributed by atoms with E-state index in [-0.39, 0.29) is 5.91 Å². The fourth-order valence-electron chi connectivity index (χ4n) is 1.48. The highest BCUT2D eigenvalue weighted by molar-refractivity contribution is 6.05. The number of amides is 1. The molecule has 2 rings (SSSR count). The smallest absolute Gasteiger partial charge is 0.252 e. The van der Waals surface area contributed by atoms with Gasteiger partial charge in [-0.1, -0.05) is 0 Å². The molecule has 0 saturated carbocycles. The second-order valence-corrected chi connectivity index (χ2v) is 3.28. The number of benzene rings is 1. The van der Waals surface area contributed by atoms with E-state index >= 15 is 0 Å². The summed E-state index contributed by atoms with van der Waals surface area (Å²) in [4.78, 5) is 11.5. The summed E-state index contributed by atoms with van der Waals surface area (Å²) in [5, 5.41) is 5.32. The molecule has 0 aliphatic carbocycles. The molecule has 1 aromatic rings. The van der Waals surface area contributed by atoms with E-state index in [0.717, 1.165) is 0 Å². The summed E-state index contributed by atoms with van der Waals surface area (Å²) in [6.45, 7) is 0. The zero-order valence-corrected chi connectivity index (χ0v) is 9.14. The van der Waals surface area contributed by atoms with E-state index in [2.05, 4.69) is 5.10 Å². The van der Waals surface area contributed by atoms with E-state index in [1.54, 1.807) is 38.6 Å². The Morgan fingerprint density at radius 1 is 1.19 bits per heavy atom. The predicted octanol–water partition coefficient (Wildman–Crippen LogP) is 1.43. The number of ether oxygens (including phenoxy) is 2. The number of nitrogens with zero attached hydrogens (tertiary/aromatic N) is 2. The van der Waals surface area contributed by atoms with E-state index in [1.165, 1.54) is 5.01 Å². The van der Waals surface area contributed by atoms with Crippen molar-refractivity contribution in [1.82, 2.24) is 0 Å². The molecule has 0 aromatic heterocycles. The van der Waals surface area contributed by atoms with Crippen molar-refractivity contribution in [3.05, 3.63) is 18.2 Å². The predicted molar refractivity (Wildman–Crippen MR) is 60.1 cm³/mol. The first-order valence-corrected chi connectivity index (χ1v) is 4.83. The third-order valence-electron chi connectivity index (χ3n) is 2.28. The van der Waals surface area contributed by atoms with Crippen molar-refractivity contribution in [3.8, 4) is 11.5 Å². The summed E-state index contributed by atoms with van der Waals surface area (Å²) in [7, 11) is 3.13. The van der Waals surface area contributed by atoms with Gasteiger partial charge in [0.15, 0.2) is 0 Å². The molecule has 1 amide bonds. The molecular weight excluding hydrogens is 208 g/mol. The van der Waals surface area contributed by atoms with Crippen molar-refractivity contribution >= 4 is 17.8 Å². The van der Waals surface area contributed by atoms with Crippen molar-refractivity contribution in [2.75, 3.05) is 19.2 Å². The normalized spacial score (nSPS) is 14.4. The lowest BCUT2D eigenvalue weighted by atomic mass is 10.2. The largest absolute Gasteiger partial charge is 0.497 e. The van der Waals surface area contributed by atoms with E-state index in [4.69, 9.17) is 9.47 Å².